The minimum Gasteiger partial charge on any atom is -0.339 e. The molecule has 28 heavy (non-hydrogen) atoms. The SMILES string of the molecule is CCc1ccc(Nc2nc3c(c(Nc4cccc(Cl)c4)n2)C(=O)CCC3)cc1. The summed E-state index contributed by atoms with van der Waals surface area (Å²) >= 11 is 6.09. The maximum absolute atomic E-state index is 12.5. The monoisotopic (exact) mass is 392 g/mol. The molecule has 3 aromatic rings. The lowest BCUT2D eigenvalue weighted by molar-refractivity contribution is 0.0972. The van der Waals surface area contributed by atoms with Crippen LogP contribution in [0.1, 0.15) is 41.4 Å². The van der Waals surface area contributed by atoms with Crippen LogP contribution in [0.25, 0.3) is 0 Å². The van der Waals surface area contributed by atoms with Gasteiger partial charge in [0.2, 0.25) is 5.95 Å². The molecule has 0 unspecified atom stereocenters. The van der Waals surface area contributed by atoms with Gasteiger partial charge < -0.3 is 10.6 Å². The highest BCUT2D eigenvalue weighted by Gasteiger charge is 2.24. The summed E-state index contributed by atoms with van der Waals surface area (Å²) in [4.78, 5) is 21.8. The van der Waals surface area contributed by atoms with Gasteiger partial charge in [-0.3, -0.25) is 4.79 Å². The van der Waals surface area contributed by atoms with Crippen molar-refractivity contribution < 1.29 is 4.79 Å². The van der Waals surface area contributed by atoms with E-state index in [4.69, 9.17) is 11.6 Å². The molecule has 5 nitrogen and oxygen atoms in total. The van der Waals surface area contributed by atoms with Crippen molar-refractivity contribution in [3.05, 3.63) is 70.4 Å². The fourth-order valence-corrected chi connectivity index (χ4v) is 3.51. The van der Waals surface area contributed by atoms with Crippen molar-refractivity contribution in [3.63, 3.8) is 0 Å². The Morgan fingerprint density at radius 3 is 2.57 bits per heavy atom. The number of carbonyl (C=O) groups is 1. The summed E-state index contributed by atoms with van der Waals surface area (Å²) in [5.74, 6) is 1.07. The van der Waals surface area contributed by atoms with Gasteiger partial charge in [-0.1, -0.05) is 36.7 Å². The molecular weight excluding hydrogens is 372 g/mol. The van der Waals surface area contributed by atoms with Gasteiger partial charge in [0.1, 0.15) is 5.82 Å². The lowest BCUT2D eigenvalue weighted by Crippen LogP contribution is -2.17. The Labute approximate surface area is 169 Å². The molecule has 0 aliphatic heterocycles. The third-order valence-electron chi connectivity index (χ3n) is 4.79. The Morgan fingerprint density at radius 1 is 1.00 bits per heavy atom. The third-order valence-corrected chi connectivity index (χ3v) is 5.02. The first-order valence-corrected chi connectivity index (χ1v) is 9.83. The lowest BCUT2D eigenvalue weighted by Gasteiger charge is -2.19. The van der Waals surface area contributed by atoms with E-state index in [0.29, 0.717) is 28.8 Å². The van der Waals surface area contributed by atoms with Gasteiger partial charge in [0.25, 0.3) is 0 Å². The molecule has 0 bridgehead atoms. The predicted octanol–water partition coefficient (Wildman–Crippen LogP) is 5.70. The van der Waals surface area contributed by atoms with Gasteiger partial charge in [0, 0.05) is 22.8 Å². The van der Waals surface area contributed by atoms with Crippen LogP contribution < -0.4 is 10.6 Å². The molecule has 0 saturated heterocycles. The fraction of sp³-hybridized carbons (Fsp3) is 0.227. The number of hydrogen-bond donors (Lipinski definition) is 2. The number of halogens is 1. The zero-order valence-corrected chi connectivity index (χ0v) is 16.4. The Hall–Kier alpha value is -2.92. The lowest BCUT2D eigenvalue weighted by atomic mass is 9.95. The van der Waals surface area contributed by atoms with Gasteiger partial charge >= 0.3 is 0 Å². The van der Waals surface area contributed by atoms with Gasteiger partial charge in [-0.25, -0.2) is 4.98 Å². The minimum atomic E-state index is 0.0737. The molecule has 6 heteroatoms. The molecule has 0 saturated carbocycles. The highest BCUT2D eigenvalue weighted by atomic mass is 35.5. The van der Waals surface area contributed by atoms with E-state index in [1.165, 1.54) is 5.56 Å². The van der Waals surface area contributed by atoms with Gasteiger partial charge in [0.05, 0.1) is 11.3 Å². The van der Waals surface area contributed by atoms with Crippen LogP contribution in [-0.4, -0.2) is 15.8 Å². The number of benzene rings is 2. The summed E-state index contributed by atoms with van der Waals surface area (Å²) in [5.41, 5.74) is 4.32. The molecule has 0 atom stereocenters. The second kappa shape index (κ2) is 7.98. The predicted molar refractivity (Wildman–Crippen MR) is 113 cm³/mol. The van der Waals surface area contributed by atoms with E-state index in [-0.39, 0.29) is 5.78 Å². The van der Waals surface area contributed by atoms with Crippen LogP contribution in [0.15, 0.2) is 48.5 Å². The number of Topliss-reactive ketones (excluding diaryl/α,β-unsaturated/α-hetero) is 1. The Balaban J connectivity index is 1.70. The summed E-state index contributed by atoms with van der Waals surface area (Å²) in [6.07, 6.45) is 3.08. The first-order valence-electron chi connectivity index (χ1n) is 9.45. The molecule has 1 aromatic heterocycles. The van der Waals surface area contributed by atoms with E-state index in [9.17, 15) is 4.79 Å². The molecule has 4 rings (SSSR count). The Kier molecular flexibility index (Phi) is 5.26. The van der Waals surface area contributed by atoms with Crippen LogP contribution in [0.3, 0.4) is 0 Å². The van der Waals surface area contributed by atoms with E-state index < -0.39 is 0 Å². The number of ketones is 1. The Morgan fingerprint density at radius 2 is 1.82 bits per heavy atom. The molecule has 2 N–H and O–H groups in total. The molecule has 2 aromatic carbocycles. The first-order chi connectivity index (χ1) is 13.6. The van der Waals surface area contributed by atoms with Crippen LogP contribution in [0.4, 0.5) is 23.1 Å². The van der Waals surface area contributed by atoms with Crippen molar-refractivity contribution in [2.75, 3.05) is 10.6 Å². The minimum absolute atomic E-state index is 0.0737. The van der Waals surface area contributed by atoms with E-state index in [1.54, 1.807) is 12.1 Å². The largest absolute Gasteiger partial charge is 0.339 e. The second-order valence-corrected chi connectivity index (χ2v) is 7.24. The van der Waals surface area contributed by atoms with Crippen molar-refractivity contribution in [1.29, 1.82) is 0 Å². The average Bonchev–Trinajstić information content (AvgIpc) is 2.68. The molecular formula is C22H21ClN4O. The van der Waals surface area contributed by atoms with Gasteiger partial charge in [-0.2, -0.15) is 4.98 Å². The van der Waals surface area contributed by atoms with Crippen LogP contribution in [0.5, 0.6) is 0 Å². The quantitative estimate of drug-likeness (QED) is 0.583. The third kappa shape index (κ3) is 3.99. The van der Waals surface area contributed by atoms with Crippen molar-refractivity contribution in [3.8, 4) is 0 Å². The fourth-order valence-electron chi connectivity index (χ4n) is 3.32. The van der Waals surface area contributed by atoms with Crippen molar-refractivity contribution in [1.82, 2.24) is 9.97 Å². The number of rotatable bonds is 5. The number of hydrogen-bond acceptors (Lipinski definition) is 5. The molecule has 0 amide bonds. The number of aromatic nitrogens is 2. The van der Waals surface area contributed by atoms with Gasteiger partial charge in [-0.15, -0.1) is 0 Å². The van der Waals surface area contributed by atoms with Crippen molar-refractivity contribution in [2.24, 2.45) is 0 Å². The summed E-state index contributed by atoms with van der Waals surface area (Å²) < 4.78 is 0. The molecule has 1 aliphatic rings. The van der Waals surface area contributed by atoms with Gasteiger partial charge in [-0.05, 0) is 55.2 Å². The molecule has 1 heterocycles. The zero-order valence-electron chi connectivity index (χ0n) is 15.6. The van der Waals surface area contributed by atoms with E-state index in [1.807, 2.05) is 24.3 Å². The average molecular weight is 393 g/mol. The maximum Gasteiger partial charge on any atom is 0.229 e. The number of anilines is 4. The molecule has 142 valence electrons. The van der Waals surface area contributed by atoms with Crippen LogP contribution in [0, 0.1) is 0 Å². The first kappa shape index (κ1) is 18.4. The van der Waals surface area contributed by atoms with Crippen LogP contribution in [-0.2, 0) is 12.8 Å². The molecule has 0 fully saturated rings. The van der Waals surface area contributed by atoms with E-state index in [0.717, 1.165) is 36.3 Å². The smallest absolute Gasteiger partial charge is 0.229 e. The topological polar surface area (TPSA) is 66.9 Å². The number of nitrogens with zero attached hydrogens (tertiary/aromatic N) is 2. The Bertz CT molecular complexity index is 1020. The van der Waals surface area contributed by atoms with Crippen LogP contribution in [0.2, 0.25) is 5.02 Å². The summed E-state index contributed by atoms with van der Waals surface area (Å²) in [6.45, 7) is 2.12. The molecule has 0 radical (unpaired) electrons. The summed E-state index contributed by atoms with van der Waals surface area (Å²) in [6, 6.07) is 15.5. The molecule has 1 aliphatic carbocycles. The highest BCUT2D eigenvalue weighted by molar-refractivity contribution is 6.30. The standard InChI is InChI=1S/C22H21ClN4O/c1-2-14-9-11-16(12-10-14)25-22-26-18-7-4-8-19(28)20(18)21(27-22)24-17-6-3-5-15(23)13-17/h3,5-6,9-13H,2,4,7-8H2,1H3,(H2,24,25,26,27). The summed E-state index contributed by atoms with van der Waals surface area (Å²) in [5, 5.41) is 7.13. The normalized spacial score (nSPS) is 13.1. The van der Waals surface area contributed by atoms with E-state index >= 15 is 0 Å². The number of nitrogens with one attached hydrogen (secondary N) is 2. The second-order valence-electron chi connectivity index (χ2n) is 6.81. The van der Waals surface area contributed by atoms with Crippen LogP contribution >= 0.6 is 11.6 Å². The van der Waals surface area contributed by atoms with Gasteiger partial charge in [0.15, 0.2) is 5.78 Å². The van der Waals surface area contributed by atoms with Crippen molar-refractivity contribution in [2.45, 2.75) is 32.6 Å². The number of carbonyl (C=O) groups excluding carboxylic acids is 1. The maximum atomic E-state index is 12.5. The van der Waals surface area contributed by atoms with Crippen molar-refractivity contribution >= 4 is 40.5 Å². The molecule has 0 spiro atoms. The highest BCUT2D eigenvalue weighted by Crippen LogP contribution is 2.30. The number of fused-ring (bicyclic) bond motifs is 1. The van der Waals surface area contributed by atoms with E-state index in [2.05, 4.69) is 39.7 Å². The zero-order chi connectivity index (χ0) is 19.5. The summed E-state index contributed by atoms with van der Waals surface area (Å²) in [7, 11) is 0. The number of aryl methyl sites for hydroxylation is 2.